The number of hydrogen-bond acceptors (Lipinski definition) is 5. The summed E-state index contributed by atoms with van der Waals surface area (Å²) < 4.78 is 6.97. The van der Waals surface area contributed by atoms with Gasteiger partial charge in [-0.05, 0) is 34.6 Å². The average molecular weight is 423 g/mol. The predicted octanol–water partition coefficient (Wildman–Crippen LogP) is 5.37. The first-order chi connectivity index (χ1) is 12.1. The Morgan fingerprint density at radius 3 is 1.77 bits per heavy atom. The van der Waals surface area contributed by atoms with Crippen LogP contribution >= 0.6 is 23.5 Å². The molecular weight excluding hydrogens is 380 g/mol. The highest BCUT2D eigenvalue weighted by Gasteiger charge is 2.45. The van der Waals surface area contributed by atoms with Crippen LogP contribution in [0.15, 0.2) is 0 Å². The van der Waals surface area contributed by atoms with Gasteiger partial charge in [0.15, 0.2) is 8.32 Å². The molecule has 1 aliphatic rings. The highest BCUT2D eigenvalue weighted by molar-refractivity contribution is 8.17. The van der Waals surface area contributed by atoms with Crippen LogP contribution < -0.4 is 0 Å². The molecule has 0 radical (unpaired) electrons. The van der Waals surface area contributed by atoms with Crippen LogP contribution in [0, 0.1) is 11.8 Å². The SMILES string of the molecule is CC(C)[Si](OC[C@H](O)[C@@H](C)[C@@H](O)[C@H](C)C1SCCCS1)(C(C)C)C(C)C. The second-order valence-electron chi connectivity index (χ2n) is 8.87. The average Bonchev–Trinajstić information content (AvgIpc) is 2.59. The minimum Gasteiger partial charge on any atom is -0.413 e. The van der Waals surface area contributed by atoms with Crippen LogP contribution in [0.25, 0.3) is 0 Å². The van der Waals surface area contributed by atoms with Gasteiger partial charge in [-0.25, -0.2) is 0 Å². The summed E-state index contributed by atoms with van der Waals surface area (Å²) in [6.07, 6.45) is 0.145. The quantitative estimate of drug-likeness (QED) is 0.464. The molecule has 156 valence electrons. The van der Waals surface area contributed by atoms with E-state index in [0.29, 0.717) is 27.8 Å². The highest BCUT2D eigenvalue weighted by atomic mass is 32.2. The summed E-state index contributed by atoms with van der Waals surface area (Å²) in [7, 11) is -1.98. The summed E-state index contributed by atoms with van der Waals surface area (Å²) in [6.45, 7) is 18.0. The fraction of sp³-hybridized carbons (Fsp3) is 1.00. The molecule has 1 heterocycles. The van der Waals surface area contributed by atoms with Crippen molar-refractivity contribution in [2.75, 3.05) is 18.1 Å². The van der Waals surface area contributed by atoms with Crippen LogP contribution in [0.3, 0.4) is 0 Å². The van der Waals surface area contributed by atoms with Crippen molar-refractivity contribution in [1.82, 2.24) is 0 Å². The van der Waals surface area contributed by atoms with Crippen molar-refractivity contribution >= 4 is 31.8 Å². The zero-order valence-electron chi connectivity index (χ0n) is 18.1. The molecule has 1 aliphatic heterocycles. The molecule has 2 N–H and O–H groups in total. The second kappa shape index (κ2) is 11.1. The van der Waals surface area contributed by atoms with Crippen molar-refractivity contribution < 1.29 is 14.6 Å². The lowest BCUT2D eigenvalue weighted by Gasteiger charge is -2.43. The number of rotatable bonds is 10. The molecule has 1 rings (SSSR count). The molecule has 1 saturated heterocycles. The molecule has 0 aliphatic carbocycles. The van der Waals surface area contributed by atoms with Crippen LogP contribution in [-0.4, -0.2) is 53.4 Å². The smallest absolute Gasteiger partial charge is 0.200 e. The first-order valence-electron chi connectivity index (χ1n) is 10.3. The van der Waals surface area contributed by atoms with E-state index in [-0.39, 0.29) is 11.8 Å². The summed E-state index contributed by atoms with van der Waals surface area (Å²) in [5.74, 6) is 2.36. The summed E-state index contributed by atoms with van der Waals surface area (Å²) in [5.41, 5.74) is 1.51. The van der Waals surface area contributed by atoms with E-state index in [1.165, 1.54) is 17.9 Å². The van der Waals surface area contributed by atoms with Gasteiger partial charge in [-0.15, -0.1) is 23.5 Å². The zero-order valence-corrected chi connectivity index (χ0v) is 20.7. The van der Waals surface area contributed by atoms with Crippen molar-refractivity contribution in [3.05, 3.63) is 0 Å². The van der Waals surface area contributed by atoms with Crippen LogP contribution in [0.4, 0.5) is 0 Å². The summed E-state index contributed by atoms with van der Waals surface area (Å²) in [6, 6.07) is 0. The van der Waals surface area contributed by atoms with Gasteiger partial charge in [-0.3, -0.25) is 0 Å². The van der Waals surface area contributed by atoms with Gasteiger partial charge in [0.2, 0.25) is 0 Å². The van der Waals surface area contributed by atoms with Crippen molar-refractivity contribution in [3.8, 4) is 0 Å². The lowest BCUT2D eigenvalue weighted by atomic mass is 9.90. The van der Waals surface area contributed by atoms with Crippen molar-refractivity contribution in [3.63, 3.8) is 0 Å². The Labute approximate surface area is 171 Å². The van der Waals surface area contributed by atoms with E-state index in [1.54, 1.807) is 0 Å². The van der Waals surface area contributed by atoms with E-state index in [9.17, 15) is 10.2 Å². The molecular formula is C20H42O3S2Si. The fourth-order valence-electron chi connectivity index (χ4n) is 4.56. The third-order valence-corrected chi connectivity index (χ3v) is 15.6. The zero-order chi connectivity index (χ0) is 20.1. The fourth-order valence-corrected chi connectivity index (χ4v) is 13.2. The van der Waals surface area contributed by atoms with Crippen molar-refractivity contribution in [1.29, 1.82) is 0 Å². The van der Waals surface area contributed by atoms with Gasteiger partial charge in [0.1, 0.15) is 0 Å². The molecule has 1 fully saturated rings. The first-order valence-corrected chi connectivity index (χ1v) is 14.5. The monoisotopic (exact) mass is 422 g/mol. The molecule has 3 nitrogen and oxygen atoms in total. The van der Waals surface area contributed by atoms with Crippen molar-refractivity contribution in [2.45, 2.75) is 95.2 Å². The standard InChI is InChI=1S/C20H42O3S2Si/c1-13(2)26(14(3)4,15(5)6)23-12-18(21)16(7)19(22)17(8)20-24-10-9-11-25-20/h13-22H,9-12H2,1-8H3/t16-,17+,18+,19-/m1/s1. The van der Waals surface area contributed by atoms with E-state index in [0.717, 1.165) is 0 Å². The molecule has 0 amide bonds. The normalized spacial score (nSPS) is 22.0. The van der Waals surface area contributed by atoms with Gasteiger partial charge in [-0.1, -0.05) is 55.4 Å². The Morgan fingerprint density at radius 1 is 0.885 bits per heavy atom. The summed E-state index contributed by atoms with van der Waals surface area (Å²) in [5, 5.41) is 21.6. The van der Waals surface area contributed by atoms with Gasteiger partial charge in [0.25, 0.3) is 0 Å². The molecule has 0 saturated carbocycles. The number of aliphatic hydroxyl groups is 2. The minimum atomic E-state index is -1.98. The molecule has 26 heavy (non-hydrogen) atoms. The molecule has 0 aromatic carbocycles. The Bertz CT molecular complexity index is 379. The van der Waals surface area contributed by atoms with Gasteiger partial charge in [-0.2, -0.15) is 0 Å². The van der Waals surface area contributed by atoms with E-state index in [4.69, 9.17) is 4.43 Å². The Morgan fingerprint density at radius 2 is 1.35 bits per heavy atom. The van der Waals surface area contributed by atoms with Gasteiger partial charge in [0.05, 0.1) is 23.4 Å². The molecule has 0 bridgehead atoms. The van der Waals surface area contributed by atoms with Crippen LogP contribution in [0.1, 0.15) is 61.8 Å². The number of hydrogen-bond donors (Lipinski definition) is 2. The third kappa shape index (κ3) is 5.90. The van der Waals surface area contributed by atoms with Gasteiger partial charge < -0.3 is 14.6 Å². The first kappa shape index (κ1) is 24.8. The van der Waals surface area contributed by atoms with Crippen molar-refractivity contribution in [2.24, 2.45) is 11.8 Å². The summed E-state index contributed by atoms with van der Waals surface area (Å²) in [4.78, 5) is 0. The maximum atomic E-state index is 10.8. The van der Waals surface area contributed by atoms with E-state index < -0.39 is 20.5 Å². The van der Waals surface area contributed by atoms with E-state index in [1.807, 2.05) is 30.4 Å². The van der Waals surface area contributed by atoms with E-state index in [2.05, 4.69) is 48.5 Å². The molecule has 0 aromatic rings. The molecule has 4 atom stereocenters. The van der Waals surface area contributed by atoms with Crippen LogP contribution in [0.2, 0.25) is 16.6 Å². The Kier molecular flexibility index (Phi) is 10.6. The largest absolute Gasteiger partial charge is 0.413 e. The molecule has 6 heteroatoms. The maximum absolute atomic E-state index is 10.8. The topological polar surface area (TPSA) is 49.7 Å². The number of thioether (sulfide) groups is 2. The van der Waals surface area contributed by atoms with Gasteiger partial charge >= 0.3 is 0 Å². The molecule has 0 unspecified atom stereocenters. The lowest BCUT2D eigenvalue weighted by molar-refractivity contribution is -0.0239. The Balaban J connectivity index is 2.70. The van der Waals surface area contributed by atoms with Gasteiger partial charge in [0, 0.05) is 11.8 Å². The lowest BCUT2D eigenvalue weighted by Crippen LogP contribution is -2.50. The van der Waals surface area contributed by atoms with E-state index >= 15 is 0 Å². The second-order valence-corrected chi connectivity index (χ2v) is 17.1. The highest BCUT2D eigenvalue weighted by Crippen LogP contribution is 2.43. The minimum absolute atomic E-state index is 0.175. The predicted molar refractivity (Wildman–Crippen MR) is 121 cm³/mol. The number of aliphatic hydroxyl groups excluding tert-OH is 2. The summed E-state index contributed by atoms with van der Waals surface area (Å²) >= 11 is 3.91. The Hall–Kier alpha value is 0.797. The molecule has 0 spiro atoms. The van der Waals surface area contributed by atoms with Crippen LogP contribution in [0.5, 0.6) is 0 Å². The molecule has 0 aromatic heterocycles. The maximum Gasteiger partial charge on any atom is 0.200 e. The third-order valence-electron chi connectivity index (χ3n) is 6.18. The van der Waals surface area contributed by atoms with Crippen LogP contribution in [-0.2, 0) is 4.43 Å².